The molecular formula is C35H31N3O5S. The zero-order chi connectivity index (χ0) is 31.4. The Morgan fingerprint density at radius 1 is 0.795 bits per heavy atom. The first-order valence-corrected chi connectivity index (χ1v) is 14.3. The number of thiocarbonyl (C=S) groups is 1. The van der Waals surface area contributed by atoms with Gasteiger partial charge in [-0.2, -0.15) is 0 Å². The molecule has 9 heteroatoms. The Morgan fingerprint density at radius 3 is 2.20 bits per heavy atom. The number of rotatable bonds is 8. The van der Waals surface area contributed by atoms with Crippen LogP contribution < -0.4 is 24.6 Å². The number of hydrogen-bond acceptors (Lipinski definition) is 6. The van der Waals surface area contributed by atoms with Crippen LogP contribution in [0.4, 0.5) is 17.1 Å². The van der Waals surface area contributed by atoms with E-state index in [-0.39, 0.29) is 23.2 Å². The van der Waals surface area contributed by atoms with Crippen LogP contribution in [0.3, 0.4) is 0 Å². The molecular weight excluding hydrogens is 574 g/mol. The molecule has 222 valence electrons. The van der Waals surface area contributed by atoms with Crippen LogP contribution in [0.1, 0.15) is 22.3 Å². The second-order valence-electron chi connectivity index (χ2n) is 10.3. The quantitative estimate of drug-likeness (QED) is 0.142. The molecule has 4 aromatic rings. The van der Waals surface area contributed by atoms with Crippen molar-refractivity contribution < 1.29 is 23.9 Å². The summed E-state index contributed by atoms with van der Waals surface area (Å²) in [5.74, 6) is -0.745. The fourth-order valence-corrected chi connectivity index (χ4v) is 5.13. The topological polar surface area (TPSA) is 88.2 Å². The summed E-state index contributed by atoms with van der Waals surface area (Å²) in [6.07, 6.45) is 1.51. The van der Waals surface area contributed by atoms with E-state index >= 15 is 0 Å². The number of anilines is 3. The van der Waals surface area contributed by atoms with E-state index in [1.165, 1.54) is 23.0 Å². The second kappa shape index (κ2) is 12.9. The minimum Gasteiger partial charge on any atom is -0.493 e. The Balaban J connectivity index is 1.45. The standard InChI is InChI=1S/C35H31N3O5S/c1-22-9-8-10-26(17-22)36-32(39)21-43-30-16-14-25(20-31(30)42-4)19-29-33(40)37(27-11-6-5-7-12-27)35(44)38(34(29)41)28-15-13-23(2)24(3)18-28/h5-20H,21H2,1-4H3,(H,36,39)/b29-19-. The van der Waals surface area contributed by atoms with Gasteiger partial charge < -0.3 is 14.8 Å². The number of nitrogens with zero attached hydrogens (tertiary/aromatic N) is 2. The summed E-state index contributed by atoms with van der Waals surface area (Å²) < 4.78 is 11.3. The average molecular weight is 606 g/mol. The van der Waals surface area contributed by atoms with Crippen LogP contribution in [0.15, 0.2) is 96.6 Å². The van der Waals surface area contributed by atoms with Crippen molar-refractivity contribution in [3.05, 3.63) is 119 Å². The molecule has 1 aliphatic heterocycles. The monoisotopic (exact) mass is 605 g/mol. The maximum Gasteiger partial charge on any atom is 0.270 e. The molecule has 0 saturated carbocycles. The van der Waals surface area contributed by atoms with Gasteiger partial charge in [-0.1, -0.05) is 42.5 Å². The van der Waals surface area contributed by atoms with Gasteiger partial charge in [0.2, 0.25) is 0 Å². The zero-order valence-electron chi connectivity index (χ0n) is 24.8. The summed E-state index contributed by atoms with van der Waals surface area (Å²) in [7, 11) is 1.47. The Kier molecular flexibility index (Phi) is 8.87. The number of aryl methyl sites for hydroxylation is 3. The summed E-state index contributed by atoms with van der Waals surface area (Å²) >= 11 is 5.73. The van der Waals surface area contributed by atoms with Gasteiger partial charge in [0, 0.05) is 5.69 Å². The van der Waals surface area contributed by atoms with E-state index < -0.39 is 11.8 Å². The van der Waals surface area contributed by atoms with Crippen molar-refractivity contribution in [3.8, 4) is 11.5 Å². The number of ether oxygens (including phenoxy) is 2. The van der Waals surface area contributed by atoms with Crippen LogP contribution in [0.2, 0.25) is 0 Å². The van der Waals surface area contributed by atoms with Gasteiger partial charge in [0.05, 0.1) is 18.5 Å². The van der Waals surface area contributed by atoms with E-state index in [9.17, 15) is 14.4 Å². The van der Waals surface area contributed by atoms with Crippen LogP contribution in [-0.4, -0.2) is 36.6 Å². The predicted octanol–water partition coefficient (Wildman–Crippen LogP) is 6.39. The first kappa shape index (κ1) is 30.2. The average Bonchev–Trinajstić information content (AvgIpc) is 3.01. The lowest BCUT2D eigenvalue weighted by Crippen LogP contribution is -2.57. The van der Waals surface area contributed by atoms with E-state index in [1.807, 2.05) is 63.2 Å². The van der Waals surface area contributed by atoms with Crippen molar-refractivity contribution in [3.63, 3.8) is 0 Å². The third-order valence-corrected chi connectivity index (χ3v) is 7.54. The molecule has 0 spiro atoms. The number of methoxy groups -OCH3 is 1. The molecule has 0 aromatic heterocycles. The summed E-state index contributed by atoms with van der Waals surface area (Å²) in [4.78, 5) is 43.0. The fraction of sp³-hybridized carbons (Fsp3) is 0.143. The minimum absolute atomic E-state index is 0.0665. The normalized spacial score (nSPS) is 14.2. The molecule has 0 bridgehead atoms. The maximum absolute atomic E-state index is 13.9. The van der Waals surface area contributed by atoms with Crippen LogP contribution in [0.5, 0.6) is 11.5 Å². The Bertz CT molecular complexity index is 1800. The van der Waals surface area contributed by atoms with Gasteiger partial charge in [-0.25, -0.2) is 0 Å². The van der Waals surface area contributed by atoms with Crippen molar-refractivity contribution >= 4 is 58.2 Å². The first-order chi connectivity index (χ1) is 21.2. The predicted molar refractivity (Wildman–Crippen MR) is 176 cm³/mol. The molecule has 4 aromatic carbocycles. The van der Waals surface area contributed by atoms with E-state index in [0.717, 1.165) is 16.7 Å². The molecule has 0 atom stereocenters. The summed E-state index contributed by atoms with van der Waals surface area (Å²) in [6.45, 7) is 5.64. The highest BCUT2D eigenvalue weighted by atomic mass is 32.1. The van der Waals surface area contributed by atoms with Crippen molar-refractivity contribution in [2.24, 2.45) is 0 Å². The minimum atomic E-state index is -0.543. The largest absolute Gasteiger partial charge is 0.493 e. The third kappa shape index (κ3) is 6.38. The van der Waals surface area contributed by atoms with Crippen LogP contribution in [-0.2, 0) is 14.4 Å². The molecule has 8 nitrogen and oxygen atoms in total. The number of carbonyl (C=O) groups excluding carboxylic acids is 3. The maximum atomic E-state index is 13.9. The molecule has 0 aliphatic carbocycles. The van der Waals surface area contributed by atoms with E-state index in [4.69, 9.17) is 21.7 Å². The highest BCUT2D eigenvalue weighted by Crippen LogP contribution is 2.33. The highest BCUT2D eigenvalue weighted by Gasteiger charge is 2.41. The van der Waals surface area contributed by atoms with E-state index in [1.54, 1.807) is 48.5 Å². The number of nitrogens with one attached hydrogen (secondary N) is 1. The van der Waals surface area contributed by atoms with Crippen LogP contribution in [0.25, 0.3) is 6.08 Å². The molecule has 0 radical (unpaired) electrons. The fourth-order valence-electron chi connectivity index (χ4n) is 4.75. The number of para-hydroxylation sites is 1. The second-order valence-corrected chi connectivity index (χ2v) is 10.7. The molecule has 0 unspecified atom stereocenters. The lowest BCUT2D eigenvalue weighted by Gasteiger charge is -2.36. The third-order valence-electron chi connectivity index (χ3n) is 7.17. The number of hydrogen-bond donors (Lipinski definition) is 1. The SMILES string of the molecule is COc1cc(/C=C2/C(=O)N(c3ccccc3)C(=S)N(c3ccc(C)c(C)c3)C2=O)ccc1OCC(=O)Nc1cccc(C)c1. The summed E-state index contributed by atoms with van der Waals surface area (Å²) in [5, 5.41) is 2.87. The van der Waals surface area contributed by atoms with Crippen molar-refractivity contribution in [1.82, 2.24) is 0 Å². The van der Waals surface area contributed by atoms with Gasteiger partial charge in [-0.15, -0.1) is 0 Å². The lowest BCUT2D eigenvalue weighted by molar-refractivity contribution is -0.121. The Morgan fingerprint density at radius 2 is 1.52 bits per heavy atom. The summed E-state index contributed by atoms with van der Waals surface area (Å²) in [6, 6.07) is 27.0. The number of amides is 3. The Labute approximate surface area is 261 Å². The van der Waals surface area contributed by atoms with Gasteiger partial charge in [0.25, 0.3) is 17.7 Å². The van der Waals surface area contributed by atoms with Crippen LogP contribution in [0, 0.1) is 20.8 Å². The van der Waals surface area contributed by atoms with Crippen molar-refractivity contribution in [2.75, 3.05) is 28.8 Å². The first-order valence-electron chi connectivity index (χ1n) is 13.9. The number of benzene rings is 4. The molecule has 1 N–H and O–H groups in total. The molecule has 1 aliphatic rings. The van der Waals surface area contributed by atoms with E-state index in [0.29, 0.717) is 34.1 Å². The van der Waals surface area contributed by atoms with Gasteiger partial charge >= 0.3 is 0 Å². The molecule has 1 saturated heterocycles. The van der Waals surface area contributed by atoms with Gasteiger partial charge in [-0.05, 0) is 110 Å². The van der Waals surface area contributed by atoms with Crippen molar-refractivity contribution in [2.45, 2.75) is 20.8 Å². The van der Waals surface area contributed by atoms with E-state index in [2.05, 4.69) is 5.32 Å². The smallest absolute Gasteiger partial charge is 0.270 e. The molecule has 5 rings (SSSR count). The number of carbonyl (C=O) groups is 3. The highest BCUT2D eigenvalue weighted by molar-refractivity contribution is 7.81. The zero-order valence-corrected chi connectivity index (χ0v) is 25.6. The molecule has 1 fully saturated rings. The van der Waals surface area contributed by atoms with Gasteiger partial charge in [-0.3, -0.25) is 24.2 Å². The lowest BCUT2D eigenvalue weighted by atomic mass is 10.0. The van der Waals surface area contributed by atoms with Gasteiger partial charge in [0.15, 0.2) is 23.2 Å². The van der Waals surface area contributed by atoms with Gasteiger partial charge in [0.1, 0.15) is 5.57 Å². The molecule has 3 amide bonds. The molecule has 44 heavy (non-hydrogen) atoms. The molecule has 1 heterocycles. The van der Waals surface area contributed by atoms with Crippen molar-refractivity contribution in [1.29, 1.82) is 0 Å². The van der Waals surface area contributed by atoms with Crippen LogP contribution >= 0.6 is 12.2 Å². The Hall–Kier alpha value is -5.28. The summed E-state index contributed by atoms with van der Waals surface area (Å²) in [5.41, 5.74) is 5.30.